The first-order valence-corrected chi connectivity index (χ1v) is 11.7. The van der Waals surface area contributed by atoms with Crippen molar-refractivity contribution in [3.05, 3.63) is 83.4 Å². The lowest BCUT2D eigenvalue weighted by atomic mass is 10.1. The standard InChI is InChI=1S/C23H24FN3O5S/c1-31-21-12-18(23(28)26-14-16-8-10-25-11-9-16)20(13-22(21)32-2)27(33(3,29)30)15-17-6-4-5-7-19(17)24/h4-13H,14-15H2,1-3H3,(H,26,28). The molecule has 0 bridgehead atoms. The number of carbonyl (C=O) groups excluding carboxylic acids is 1. The van der Waals surface area contributed by atoms with E-state index in [1.807, 2.05) is 0 Å². The number of amides is 1. The van der Waals surface area contributed by atoms with Gasteiger partial charge in [0.25, 0.3) is 5.91 Å². The normalized spacial score (nSPS) is 11.0. The maximum atomic E-state index is 14.3. The van der Waals surface area contributed by atoms with Crippen molar-refractivity contribution in [2.75, 3.05) is 24.8 Å². The Hall–Kier alpha value is -3.66. The zero-order valence-corrected chi connectivity index (χ0v) is 19.2. The molecule has 0 radical (unpaired) electrons. The topological polar surface area (TPSA) is 97.8 Å². The average molecular weight is 474 g/mol. The second-order valence-corrected chi connectivity index (χ2v) is 9.03. The highest BCUT2D eigenvalue weighted by atomic mass is 32.2. The molecule has 0 unspecified atom stereocenters. The molecule has 1 aromatic heterocycles. The molecule has 10 heteroatoms. The maximum Gasteiger partial charge on any atom is 0.253 e. The van der Waals surface area contributed by atoms with Crippen LogP contribution in [0.4, 0.5) is 10.1 Å². The Morgan fingerprint density at radius 2 is 1.70 bits per heavy atom. The van der Waals surface area contributed by atoms with Gasteiger partial charge in [0.15, 0.2) is 11.5 Å². The molecule has 1 heterocycles. The van der Waals surface area contributed by atoms with Crippen molar-refractivity contribution in [1.29, 1.82) is 0 Å². The average Bonchev–Trinajstić information content (AvgIpc) is 2.81. The molecule has 0 fully saturated rings. The first kappa shape index (κ1) is 24.0. The summed E-state index contributed by atoms with van der Waals surface area (Å²) in [5.41, 5.74) is 1.03. The van der Waals surface area contributed by atoms with Gasteiger partial charge in [0.2, 0.25) is 10.0 Å². The van der Waals surface area contributed by atoms with Crippen molar-refractivity contribution in [2.24, 2.45) is 0 Å². The third-order valence-corrected chi connectivity index (χ3v) is 6.02. The van der Waals surface area contributed by atoms with Crippen LogP contribution in [0.2, 0.25) is 0 Å². The number of hydrogen-bond donors (Lipinski definition) is 1. The molecule has 0 aliphatic rings. The second kappa shape index (κ2) is 10.3. The molecule has 0 aliphatic heterocycles. The van der Waals surface area contributed by atoms with Crippen LogP contribution in [-0.4, -0.2) is 39.8 Å². The number of hydrogen-bond acceptors (Lipinski definition) is 6. The van der Waals surface area contributed by atoms with Crippen molar-refractivity contribution in [3.8, 4) is 11.5 Å². The Labute approximate surface area is 192 Å². The number of ether oxygens (including phenoxy) is 2. The molecular weight excluding hydrogens is 449 g/mol. The number of methoxy groups -OCH3 is 2. The van der Waals surface area contributed by atoms with Gasteiger partial charge in [0.1, 0.15) is 5.82 Å². The van der Waals surface area contributed by atoms with Gasteiger partial charge in [-0.25, -0.2) is 12.8 Å². The third-order valence-electron chi connectivity index (χ3n) is 4.89. The summed E-state index contributed by atoms with van der Waals surface area (Å²) in [4.78, 5) is 17.1. The molecule has 2 aromatic carbocycles. The summed E-state index contributed by atoms with van der Waals surface area (Å²) in [6.45, 7) is -0.118. The van der Waals surface area contributed by atoms with E-state index < -0.39 is 21.7 Å². The van der Waals surface area contributed by atoms with E-state index in [4.69, 9.17) is 9.47 Å². The minimum atomic E-state index is -3.92. The molecule has 0 aliphatic carbocycles. The number of carbonyl (C=O) groups is 1. The van der Waals surface area contributed by atoms with Gasteiger partial charge in [-0.1, -0.05) is 18.2 Å². The van der Waals surface area contributed by atoms with Crippen LogP contribution in [0.5, 0.6) is 11.5 Å². The largest absolute Gasteiger partial charge is 0.493 e. The Kier molecular flexibility index (Phi) is 7.49. The fourth-order valence-corrected chi connectivity index (χ4v) is 4.08. The number of rotatable bonds is 9. The van der Waals surface area contributed by atoms with Crippen molar-refractivity contribution in [1.82, 2.24) is 10.3 Å². The van der Waals surface area contributed by atoms with Crippen molar-refractivity contribution < 1.29 is 27.1 Å². The predicted molar refractivity (Wildman–Crippen MR) is 122 cm³/mol. The Morgan fingerprint density at radius 1 is 1.06 bits per heavy atom. The Balaban J connectivity index is 2.08. The molecule has 8 nitrogen and oxygen atoms in total. The summed E-state index contributed by atoms with van der Waals surface area (Å²) in [7, 11) is -1.12. The summed E-state index contributed by atoms with van der Waals surface area (Å²) in [6, 6.07) is 12.1. The Bertz CT molecular complexity index is 1240. The molecule has 3 rings (SSSR count). The summed E-state index contributed by atoms with van der Waals surface area (Å²) < 4.78 is 51.4. The summed E-state index contributed by atoms with van der Waals surface area (Å²) in [6.07, 6.45) is 4.19. The van der Waals surface area contributed by atoms with Crippen LogP contribution >= 0.6 is 0 Å². The lowest BCUT2D eigenvalue weighted by Crippen LogP contribution is -2.33. The lowest BCUT2D eigenvalue weighted by Gasteiger charge is -2.26. The number of pyridine rings is 1. The second-order valence-electron chi connectivity index (χ2n) is 7.12. The lowest BCUT2D eigenvalue weighted by molar-refractivity contribution is 0.0951. The van der Waals surface area contributed by atoms with Crippen LogP contribution in [0.15, 0.2) is 60.9 Å². The first-order chi connectivity index (χ1) is 15.7. The monoisotopic (exact) mass is 473 g/mol. The predicted octanol–water partition coefficient (Wildman–Crippen LogP) is 3.13. The third kappa shape index (κ3) is 5.78. The number of sulfonamides is 1. The van der Waals surface area contributed by atoms with Gasteiger partial charge in [-0.05, 0) is 29.8 Å². The van der Waals surface area contributed by atoms with E-state index in [0.717, 1.165) is 16.1 Å². The van der Waals surface area contributed by atoms with Crippen LogP contribution < -0.4 is 19.1 Å². The molecule has 1 amide bonds. The van der Waals surface area contributed by atoms with Gasteiger partial charge < -0.3 is 14.8 Å². The number of benzene rings is 2. The Morgan fingerprint density at radius 3 is 2.30 bits per heavy atom. The zero-order chi connectivity index (χ0) is 24.0. The van der Waals surface area contributed by atoms with E-state index in [-0.39, 0.29) is 41.4 Å². The van der Waals surface area contributed by atoms with Gasteiger partial charge in [0, 0.05) is 30.6 Å². The van der Waals surface area contributed by atoms with Crippen molar-refractivity contribution in [3.63, 3.8) is 0 Å². The van der Waals surface area contributed by atoms with Crippen molar-refractivity contribution >= 4 is 21.6 Å². The van der Waals surface area contributed by atoms with Gasteiger partial charge in [0.05, 0.1) is 38.3 Å². The van der Waals surface area contributed by atoms with Gasteiger partial charge in [-0.15, -0.1) is 0 Å². The molecule has 0 saturated heterocycles. The molecule has 1 N–H and O–H groups in total. The van der Waals surface area contributed by atoms with Gasteiger partial charge in [-0.3, -0.25) is 14.1 Å². The number of nitrogens with zero attached hydrogens (tertiary/aromatic N) is 2. The zero-order valence-electron chi connectivity index (χ0n) is 18.4. The molecule has 0 atom stereocenters. The highest BCUT2D eigenvalue weighted by Gasteiger charge is 2.27. The van der Waals surface area contributed by atoms with E-state index in [2.05, 4.69) is 10.3 Å². The molecule has 0 spiro atoms. The van der Waals surface area contributed by atoms with E-state index >= 15 is 0 Å². The fraction of sp³-hybridized carbons (Fsp3) is 0.217. The SMILES string of the molecule is COc1cc(C(=O)NCc2ccncc2)c(N(Cc2ccccc2F)S(C)(=O)=O)cc1OC. The number of aromatic nitrogens is 1. The van der Waals surface area contributed by atoms with Crippen LogP contribution in [0.1, 0.15) is 21.5 Å². The minimum Gasteiger partial charge on any atom is -0.493 e. The van der Waals surface area contributed by atoms with E-state index in [1.165, 1.54) is 44.6 Å². The van der Waals surface area contributed by atoms with Gasteiger partial charge >= 0.3 is 0 Å². The molecule has 33 heavy (non-hydrogen) atoms. The minimum absolute atomic E-state index is 0.0310. The quantitative estimate of drug-likeness (QED) is 0.513. The van der Waals surface area contributed by atoms with Crippen LogP contribution in [-0.2, 0) is 23.1 Å². The molecule has 174 valence electrons. The van der Waals surface area contributed by atoms with Gasteiger partial charge in [-0.2, -0.15) is 0 Å². The fourth-order valence-electron chi connectivity index (χ4n) is 3.20. The van der Waals surface area contributed by atoms with Crippen LogP contribution in [0.25, 0.3) is 0 Å². The highest BCUT2D eigenvalue weighted by Crippen LogP contribution is 2.37. The van der Waals surface area contributed by atoms with Crippen LogP contribution in [0, 0.1) is 5.82 Å². The summed E-state index contributed by atoms with van der Waals surface area (Å²) >= 11 is 0. The highest BCUT2D eigenvalue weighted by molar-refractivity contribution is 7.92. The van der Waals surface area contributed by atoms with E-state index in [9.17, 15) is 17.6 Å². The number of nitrogens with one attached hydrogen (secondary N) is 1. The van der Waals surface area contributed by atoms with E-state index in [1.54, 1.807) is 30.6 Å². The summed E-state index contributed by atoms with van der Waals surface area (Å²) in [5, 5.41) is 2.77. The maximum absolute atomic E-state index is 14.3. The number of halogens is 1. The van der Waals surface area contributed by atoms with E-state index in [0.29, 0.717) is 0 Å². The number of anilines is 1. The molecular formula is C23H24FN3O5S. The van der Waals surface area contributed by atoms with Crippen molar-refractivity contribution in [2.45, 2.75) is 13.1 Å². The summed E-state index contributed by atoms with van der Waals surface area (Å²) in [5.74, 6) is -0.629. The van der Waals surface area contributed by atoms with Crippen LogP contribution in [0.3, 0.4) is 0 Å². The molecule has 3 aromatic rings. The molecule has 0 saturated carbocycles. The smallest absolute Gasteiger partial charge is 0.253 e. The first-order valence-electron chi connectivity index (χ1n) is 9.88.